The maximum atomic E-state index is 11.1. The Balaban J connectivity index is 0.00000196. The topological polar surface area (TPSA) is 109 Å². The van der Waals surface area contributed by atoms with E-state index in [0.717, 1.165) is 0 Å². The van der Waals surface area contributed by atoms with Crippen molar-refractivity contribution in [1.82, 2.24) is 10.6 Å². The van der Waals surface area contributed by atoms with Crippen LogP contribution in [0.1, 0.15) is 0 Å². The summed E-state index contributed by atoms with van der Waals surface area (Å²) < 4.78 is 22.2. The van der Waals surface area contributed by atoms with Crippen LogP contribution in [0.5, 0.6) is 0 Å². The molecule has 0 radical (unpaired) electrons. The maximum absolute atomic E-state index is 11.1. The molecular formula is C5H6ClN2NaO5S. The number of imide groups is 2. The Labute approximate surface area is 112 Å². The fourth-order valence-corrected chi connectivity index (χ4v) is 2.17. The molecule has 1 aliphatic heterocycles. The molecule has 4 amide bonds. The number of urea groups is 1. The van der Waals surface area contributed by atoms with Gasteiger partial charge in [0.1, 0.15) is 5.21 Å². The summed E-state index contributed by atoms with van der Waals surface area (Å²) in [5.41, 5.74) is 0. The van der Waals surface area contributed by atoms with Crippen LogP contribution in [0.3, 0.4) is 0 Å². The number of rotatable bonds is 2. The molecule has 0 aliphatic carbocycles. The fraction of sp³-hybridized carbons (Fsp3) is 0.400. The van der Waals surface area contributed by atoms with Gasteiger partial charge in [0, 0.05) is 0 Å². The predicted molar refractivity (Wildman–Crippen MR) is 52.3 cm³/mol. The summed E-state index contributed by atoms with van der Waals surface area (Å²) >= 11 is 5.06. The molecular weight excluding hydrogens is 259 g/mol. The Hall–Kier alpha value is -0.150. The second-order valence-corrected chi connectivity index (χ2v) is 5.13. The summed E-state index contributed by atoms with van der Waals surface area (Å²) in [5, 5.41) is 0.490. The van der Waals surface area contributed by atoms with Crippen molar-refractivity contribution in [2.45, 2.75) is 5.25 Å². The molecule has 15 heavy (non-hydrogen) atoms. The molecule has 1 heterocycles. The summed E-state index contributed by atoms with van der Waals surface area (Å²) in [5.74, 6) is -2.36. The number of alkyl halides is 1. The predicted octanol–water partition coefficient (Wildman–Crippen LogP) is -2.32. The van der Waals surface area contributed by atoms with E-state index in [1.54, 1.807) is 10.6 Å². The van der Waals surface area contributed by atoms with Crippen molar-refractivity contribution in [3.05, 3.63) is 0 Å². The molecule has 0 atom stereocenters. The third kappa shape index (κ3) is 3.15. The number of amides is 4. The molecule has 10 heteroatoms. The van der Waals surface area contributed by atoms with Gasteiger partial charge in [0.25, 0.3) is 11.8 Å². The number of carbonyl (C=O) groups is 3. The van der Waals surface area contributed by atoms with Crippen LogP contribution in [0.15, 0.2) is 0 Å². The van der Waals surface area contributed by atoms with E-state index in [1.165, 1.54) is 0 Å². The van der Waals surface area contributed by atoms with Crippen molar-refractivity contribution in [1.29, 1.82) is 0 Å². The molecule has 1 fully saturated rings. The molecule has 2 N–H and O–H groups in total. The van der Waals surface area contributed by atoms with E-state index in [2.05, 4.69) is 0 Å². The Morgan fingerprint density at radius 3 is 1.87 bits per heavy atom. The molecule has 0 bridgehead atoms. The van der Waals surface area contributed by atoms with Crippen LogP contribution in [0.2, 0.25) is 0 Å². The average Bonchev–Trinajstić information content (AvgIpc) is 2.01. The van der Waals surface area contributed by atoms with E-state index >= 15 is 0 Å². The summed E-state index contributed by atoms with van der Waals surface area (Å²) in [6.07, 6.45) is 0. The minimum atomic E-state index is -4.05. The number of nitrogens with one attached hydrogen (secondary N) is 2. The minimum absolute atomic E-state index is 0. The van der Waals surface area contributed by atoms with Crippen LogP contribution in [0.4, 0.5) is 4.79 Å². The standard InChI is InChI=1S/C5H5ClN2O5S.Na.H/c6-1-14(12,13)2-3(9)7-5(11)8-4(2)10;;/h2H,1H2,(H2,7,8,9,10,11);;. The molecule has 0 aromatic carbocycles. The normalized spacial score (nSPS) is 17.8. The molecule has 0 spiro atoms. The molecule has 80 valence electrons. The molecule has 0 unspecified atom stereocenters. The molecule has 0 saturated carbocycles. The second kappa shape index (κ2) is 5.26. The van der Waals surface area contributed by atoms with Crippen molar-refractivity contribution in [3.63, 3.8) is 0 Å². The van der Waals surface area contributed by atoms with Gasteiger partial charge in [0.2, 0.25) is 5.25 Å². The zero-order valence-corrected chi connectivity index (χ0v) is 8.18. The van der Waals surface area contributed by atoms with Crippen molar-refractivity contribution in [2.24, 2.45) is 0 Å². The summed E-state index contributed by atoms with van der Waals surface area (Å²) in [6.45, 7) is 0. The first kappa shape index (κ1) is 14.8. The number of barbiturate groups is 1. The summed E-state index contributed by atoms with van der Waals surface area (Å²) in [7, 11) is -4.05. The van der Waals surface area contributed by atoms with E-state index in [1.807, 2.05) is 0 Å². The van der Waals surface area contributed by atoms with Crippen LogP contribution in [-0.2, 0) is 19.4 Å². The van der Waals surface area contributed by atoms with Crippen LogP contribution in [-0.4, -0.2) is 66.3 Å². The van der Waals surface area contributed by atoms with E-state index in [-0.39, 0.29) is 29.6 Å². The second-order valence-electron chi connectivity index (χ2n) is 2.46. The summed E-state index contributed by atoms with van der Waals surface area (Å²) in [6, 6.07) is -1.04. The van der Waals surface area contributed by atoms with Crippen LogP contribution >= 0.6 is 11.6 Å². The number of halogens is 1. The zero-order valence-electron chi connectivity index (χ0n) is 6.61. The molecule has 0 aromatic rings. The van der Waals surface area contributed by atoms with Gasteiger partial charge in [0.15, 0.2) is 9.84 Å². The van der Waals surface area contributed by atoms with Crippen molar-refractivity contribution in [3.8, 4) is 0 Å². The first-order valence-electron chi connectivity index (χ1n) is 3.31. The van der Waals surface area contributed by atoms with Gasteiger partial charge in [-0.25, -0.2) is 13.2 Å². The number of sulfone groups is 1. The van der Waals surface area contributed by atoms with Gasteiger partial charge < -0.3 is 0 Å². The van der Waals surface area contributed by atoms with Crippen molar-refractivity contribution in [2.75, 3.05) is 5.21 Å². The first-order chi connectivity index (χ1) is 6.38. The van der Waals surface area contributed by atoms with Gasteiger partial charge in [-0.05, 0) is 0 Å². The zero-order chi connectivity index (χ0) is 10.9. The van der Waals surface area contributed by atoms with Crippen molar-refractivity contribution >= 4 is 68.8 Å². The third-order valence-electron chi connectivity index (χ3n) is 1.46. The van der Waals surface area contributed by atoms with Crippen molar-refractivity contribution < 1.29 is 22.8 Å². The van der Waals surface area contributed by atoms with Gasteiger partial charge in [-0.2, -0.15) is 0 Å². The number of hydrogen-bond donors (Lipinski definition) is 2. The Kier molecular flexibility index (Phi) is 5.21. The van der Waals surface area contributed by atoms with Gasteiger partial charge in [-0.15, -0.1) is 11.6 Å². The fourth-order valence-electron chi connectivity index (χ4n) is 0.894. The van der Waals surface area contributed by atoms with Crippen LogP contribution in [0, 0.1) is 0 Å². The quantitative estimate of drug-likeness (QED) is 0.331. The number of hydrogen-bond acceptors (Lipinski definition) is 5. The molecule has 0 aromatic heterocycles. The van der Waals surface area contributed by atoms with E-state index in [9.17, 15) is 22.8 Å². The molecule has 1 aliphatic rings. The average molecular weight is 265 g/mol. The molecule has 1 rings (SSSR count). The third-order valence-corrected chi connectivity index (χ3v) is 3.82. The van der Waals surface area contributed by atoms with E-state index in [0.29, 0.717) is 0 Å². The SMILES string of the molecule is O=C1NC(=O)C(S(=O)(=O)CCl)C(=O)N1.[NaH]. The Morgan fingerprint density at radius 1 is 1.13 bits per heavy atom. The van der Waals surface area contributed by atoms with E-state index in [4.69, 9.17) is 11.6 Å². The molecule has 1 saturated heterocycles. The van der Waals surface area contributed by atoms with Gasteiger partial charge >= 0.3 is 35.6 Å². The van der Waals surface area contributed by atoms with Crippen LogP contribution in [0.25, 0.3) is 0 Å². The first-order valence-corrected chi connectivity index (χ1v) is 5.56. The van der Waals surface area contributed by atoms with E-state index < -0.39 is 38.1 Å². The monoisotopic (exact) mass is 264 g/mol. The Morgan fingerprint density at radius 2 is 1.53 bits per heavy atom. The Bertz CT molecular complexity index is 388. The summed E-state index contributed by atoms with van der Waals surface area (Å²) in [4.78, 5) is 32.5. The van der Waals surface area contributed by atoms with Gasteiger partial charge in [-0.1, -0.05) is 0 Å². The van der Waals surface area contributed by atoms with Gasteiger partial charge in [0.05, 0.1) is 0 Å². The van der Waals surface area contributed by atoms with Gasteiger partial charge in [-0.3, -0.25) is 20.2 Å². The number of carbonyl (C=O) groups excluding carboxylic acids is 3. The van der Waals surface area contributed by atoms with Crippen LogP contribution < -0.4 is 10.6 Å². The molecule has 7 nitrogen and oxygen atoms in total.